The largest absolute Gasteiger partial charge is 0.494 e. The van der Waals surface area contributed by atoms with Crippen LogP contribution in [0.1, 0.15) is 30.9 Å². The van der Waals surface area contributed by atoms with Crippen LogP contribution in [0.3, 0.4) is 0 Å². The number of unbranched alkanes of at least 4 members (excludes halogenated alkanes) is 1. The Kier molecular flexibility index (Phi) is 6.10. The lowest BCUT2D eigenvalue weighted by Gasteiger charge is -2.15. The minimum atomic E-state index is -0.0656. The highest BCUT2D eigenvalue weighted by Crippen LogP contribution is 2.29. The molecule has 1 heterocycles. The summed E-state index contributed by atoms with van der Waals surface area (Å²) >= 11 is 0. The number of carbonyl (C=O) groups is 1. The summed E-state index contributed by atoms with van der Waals surface area (Å²) in [6.45, 7) is 3.43. The van der Waals surface area contributed by atoms with Crippen molar-refractivity contribution in [1.29, 1.82) is 0 Å². The summed E-state index contributed by atoms with van der Waals surface area (Å²) in [5.41, 5.74) is 2.42. The molecule has 3 nitrogen and oxygen atoms in total. The summed E-state index contributed by atoms with van der Waals surface area (Å²) in [5.74, 6) is 1.01. The zero-order chi connectivity index (χ0) is 17.5. The van der Waals surface area contributed by atoms with Crippen molar-refractivity contribution in [3.8, 4) is 5.75 Å². The number of cyclic esters (lactones) is 1. The van der Waals surface area contributed by atoms with Crippen LogP contribution in [0.2, 0.25) is 0 Å². The molecule has 0 aromatic heterocycles. The van der Waals surface area contributed by atoms with Gasteiger partial charge in [0.15, 0.2) is 0 Å². The van der Waals surface area contributed by atoms with E-state index in [4.69, 9.17) is 9.47 Å². The Bertz CT molecular complexity index is 663. The van der Waals surface area contributed by atoms with Crippen LogP contribution in [0.15, 0.2) is 54.6 Å². The molecule has 0 aliphatic carbocycles. The third-order valence-corrected chi connectivity index (χ3v) is 4.80. The fraction of sp³-hybridized carbons (Fsp3) is 0.409. The van der Waals surface area contributed by atoms with Crippen LogP contribution in [0.4, 0.5) is 0 Å². The summed E-state index contributed by atoms with van der Waals surface area (Å²) < 4.78 is 11.0. The molecule has 3 rings (SSSR count). The number of hydrogen-bond donors (Lipinski definition) is 0. The van der Waals surface area contributed by atoms with E-state index in [2.05, 4.69) is 31.2 Å². The number of hydrogen-bond acceptors (Lipinski definition) is 3. The molecule has 1 aliphatic heterocycles. The van der Waals surface area contributed by atoms with Gasteiger partial charge in [-0.3, -0.25) is 4.79 Å². The molecule has 132 valence electrons. The third kappa shape index (κ3) is 4.85. The first-order chi connectivity index (χ1) is 12.3. The highest BCUT2D eigenvalue weighted by atomic mass is 16.5. The van der Waals surface area contributed by atoms with Crippen molar-refractivity contribution in [3.63, 3.8) is 0 Å². The number of esters is 1. The molecule has 1 fully saturated rings. The van der Waals surface area contributed by atoms with Crippen molar-refractivity contribution in [3.05, 3.63) is 65.7 Å². The van der Waals surface area contributed by atoms with Gasteiger partial charge in [-0.15, -0.1) is 0 Å². The molecule has 0 unspecified atom stereocenters. The van der Waals surface area contributed by atoms with Crippen molar-refractivity contribution >= 4 is 5.97 Å². The first-order valence-corrected chi connectivity index (χ1v) is 9.18. The lowest BCUT2D eigenvalue weighted by atomic mass is 9.85. The number of benzene rings is 2. The van der Waals surface area contributed by atoms with Gasteiger partial charge in [-0.1, -0.05) is 55.8 Å². The van der Waals surface area contributed by atoms with Crippen molar-refractivity contribution < 1.29 is 14.3 Å². The molecule has 0 amide bonds. The van der Waals surface area contributed by atoms with E-state index in [-0.39, 0.29) is 17.8 Å². The van der Waals surface area contributed by atoms with E-state index < -0.39 is 0 Å². The molecule has 2 aromatic carbocycles. The Labute approximate surface area is 150 Å². The average molecular weight is 338 g/mol. The van der Waals surface area contributed by atoms with Crippen molar-refractivity contribution in [2.24, 2.45) is 11.8 Å². The quantitative estimate of drug-likeness (QED) is 0.527. The Morgan fingerprint density at radius 2 is 1.72 bits per heavy atom. The van der Waals surface area contributed by atoms with Crippen molar-refractivity contribution in [2.75, 3.05) is 13.2 Å². The molecule has 2 atom stereocenters. The van der Waals surface area contributed by atoms with E-state index in [1.54, 1.807) is 0 Å². The van der Waals surface area contributed by atoms with E-state index >= 15 is 0 Å². The molecule has 1 saturated heterocycles. The second-order valence-electron chi connectivity index (χ2n) is 6.74. The highest BCUT2D eigenvalue weighted by Gasteiger charge is 2.36. The molecule has 1 aliphatic rings. The lowest BCUT2D eigenvalue weighted by Crippen LogP contribution is -2.20. The highest BCUT2D eigenvalue weighted by molar-refractivity contribution is 5.75. The maximum absolute atomic E-state index is 12.2. The summed E-state index contributed by atoms with van der Waals surface area (Å²) in [6.07, 6.45) is 3.81. The van der Waals surface area contributed by atoms with Crippen LogP contribution in [0.25, 0.3) is 0 Å². The number of ether oxygens (including phenoxy) is 2. The fourth-order valence-electron chi connectivity index (χ4n) is 3.28. The first kappa shape index (κ1) is 17.5. The molecular formula is C22H26O3. The summed E-state index contributed by atoms with van der Waals surface area (Å²) in [5, 5.41) is 0. The molecule has 0 bridgehead atoms. The van der Waals surface area contributed by atoms with Crippen LogP contribution in [-0.2, 0) is 22.4 Å². The molecule has 0 spiro atoms. The third-order valence-electron chi connectivity index (χ3n) is 4.80. The van der Waals surface area contributed by atoms with Crippen LogP contribution in [-0.4, -0.2) is 19.2 Å². The van der Waals surface area contributed by atoms with E-state index in [1.165, 1.54) is 5.56 Å². The van der Waals surface area contributed by atoms with Crippen molar-refractivity contribution in [1.82, 2.24) is 0 Å². The predicted octanol–water partition coefficient (Wildman–Crippen LogP) is 4.44. The van der Waals surface area contributed by atoms with Gasteiger partial charge in [0, 0.05) is 5.92 Å². The fourth-order valence-corrected chi connectivity index (χ4v) is 3.28. The molecule has 2 aromatic rings. The van der Waals surface area contributed by atoms with Gasteiger partial charge < -0.3 is 9.47 Å². The van der Waals surface area contributed by atoms with Gasteiger partial charge in [0.05, 0.1) is 19.1 Å². The van der Waals surface area contributed by atoms with Gasteiger partial charge in [0.2, 0.25) is 0 Å². The standard InChI is InChI=1S/C22H26O3/c1-2-3-13-24-20-11-9-18(10-12-20)15-21-19(16-25-22(21)23)14-17-7-5-4-6-8-17/h4-12,19,21H,2-3,13-16H2,1H3/t19-,21+/m0/s1. The Morgan fingerprint density at radius 3 is 2.44 bits per heavy atom. The van der Waals surface area contributed by atoms with Crippen LogP contribution in [0.5, 0.6) is 5.75 Å². The number of rotatable bonds is 8. The normalized spacial score (nSPS) is 19.6. The van der Waals surface area contributed by atoms with Crippen LogP contribution in [0, 0.1) is 11.8 Å². The zero-order valence-corrected chi connectivity index (χ0v) is 14.8. The van der Waals surface area contributed by atoms with Gasteiger partial charge in [-0.2, -0.15) is 0 Å². The summed E-state index contributed by atoms with van der Waals surface area (Å²) in [4.78, 5) is 12.2. The van der Waals surface area contributed by atoms with Gasteiger partial charge in [0.1, 0.15) is 5.75 Å². The second-order valence-corrected chi connectivity index (χ2v) is 6.74. The predicted molar refractivity (Wildman–Crippen MR) is 98.6 cm³/mol. The zero-order valence-electron chi connectivity index (χ0n) is 14.8. The average Bonchev–Trinajstić information content (AvgIpc) is 2.98. The first-order valence-electron chi connectivity index (χ1n) is 9.18. The summed E-state index contributed by atoms with van der Waals surface area (Å²) in [6, 6.07) is 18.4. The van der Waals surface area contributed by atoms with E-state index in [9.17, 15) is 4.79 Å². The smallest absolute Gasteiger partial charge is 0.309 e. The minimum Gasteiger partial charge on any atom is -0.494 e. The van der Waals surface area contributed by atoms with Crippen LogP contribution < -0.4 is 4.74 Å². The Morgan fingerprint density at radius 1 is 1.00 bits per heavy atom. The molecule has 25 heavy (non-hydrogen) atoms. The second kappa shape index (κ2) is 8.70. The van der Waals surface area contributed by atoms with Gasteiger partial charge >= 0.3 is 5.97 Å². The molecule has 0 saturated carbocycles. The Balaban J connectivity index is 1.60. The molecule has 0 N–H and O–H groups in total. The van der Waals surface area contributed by atoms with E-state index in [0.29, 0.717) is 6.61 Å². The van der Waals surface area contributed by atoms with E-state index in [0.717, 1.165) is 43.6 Å². The molecule has 0 radical (unpaired) electrons. The van der Waals surface area contributed by atoms with Gasteiger partial charge in [-0.25, -0.2) is 0 Å². The molecular weight excluding hydrogens is 312 g/mol. The van der Waals surface area contributed by atoms with Gasteiger partial charge in [-0.05, 0) is 42.5 Å². The van der Waals surface area contributed by atoms with Crippen molar-refractivity contribution in [2.45, 2.75) is 32.6 Å². The topological polar surface area (TPSA) is 35.5 Å². The number of carbonyl (C=O) groups excluding carboxylic acids is 1. The maximum atomic E-state index is 12.2. The minimum absolute atomic E-state index is 0.0629. The lowest BCUT2D eigenvalue weighted by molar-refractivity contribution is -0.141. The SMILES string of the molecule is CCCCOc1ccc(C[C@H]2C(=O)OC[C@@H]2Cc2ccccc2)cc1. The maximum Gasteiger partial charge on any atom is 0.309 e. The molecule has 3 heteroatoms. The Hall–Kier alpha value is -2.29. The summed E-state index contributed by atoms with van der Waals surface area (Å²) in [7, 11) is 0. The van der Waals surface area contributed by atoms with Gasteiger partial charge in [0.25, 0.3) is 0 Å². The van der Waals surface area contributed by atoms with Crippen LogP contribution >= 0.6 is 0 Å². The monoisotopic (exact) mass is 338 g/mol. The van der Waals surface area contributed by atoms with E-state index in [1.807, 2.05) is 30.3 Å².